The lowest BCUT2D eigenvalue weighted by Gasteiger charge is -2.22. The average Bonchev–Trinajstić information content (AvgIpc) is 2.36. The van der Waals surface area contributed by atoms with Crippen LogP contribution in [0.4, 0.5) is 22.7 Å². The molecule has 2 aliphatic rings. The topological polar surface area (TPSA) is 113 Å². The SMILES string of the molecule is Cc1cc(C)c(C2c3ccc([nH]3)C=Nc3cc4c(cc3N=Cc3ccc([nH]3)C(c3c(C)cc(C)cc3C)c3ccc2s3)N=Cc2ccc([nH]2)C(c2c(C)cc(C)cc2C)c2ccc(s2)C(c2c(C)cc(C)cc2C)c2ccc([nH]2)C=N4)c(C)c1. The molecule has 2 aliphatic heterocycles. The Morgan fingerprint density at radius 3 is 0.667 bits per heavy atom. The van der Waals surface area contributed by atoms with Crippen molar-refractivity contribution < 1.29 is 0 Å². The maximum Gasteiger partial charge on any atom is 0.0910 e. The summed E-state index contributed by atoms with van der Waals surface area (Å²) in [4.78, 5) is 41.6. The molecule has 0 spiro atoms. The molecular formula is C74H70N8S2. The molecule has 0 saturated heterocycles. The van der Waals surface area contributed by atoms with Gasteiger partial charge in [-0.05, 0) is 235 Å². The molecule has 8 heterocycles. The van der Waals surface area contributed by atoms with E-state index in [-0.39, 0.29) is 23.7 Å². The summed E-state index contributed by atoms with van der Waals surface area (Å²) in [6, 6.07) is 49.5. The highest BCUT2D eigenvalue weighted by molar-refractivity contribution is 7.12. The van der Waals surface area contributed by atoms with E-state index in [1.807, 2.05) is 59.7 Å². The van der Waals surface area contributed by atoms with Crippen molar-refractivity contribution in [2.24, 2.45) is 20.0 Å². The van der Waals surface area contributed by atoms with Crippen molar-refractivity contribution in [3.05, 3.63) is 288 Å². The number of hydrogen-bond donors (Lipinski definition) is 4. The number of aryl methyl sites for hydroxylation is 12. The molecule has 10 heteroatoms. The number of aromatic amines is 4. The van der Waals surface area contributed by atoms with Gasteiger partial charge >= 0.3 is 0 Å². The van der Waals surface area contributed by atoms with Crippen LogP contribution in [0.2, 0.25) is 0 Å². The monoisotopic (exact) mass is 1130 g/mol. The lowest BCUT2D eigenvalue weighted by molar-refractivity contribution is 0.926. The van der Waals surface area contributed by atoms with Crippen molar-refractivity contribution >= 4 is 70.3 Å². The van der Waals surface area contributed by atoms with Crippen LogP contribution in [0, 0.1) is 83.1 Å². The largest absolute Gasteiger partial charge is 0.357 e. The van der Waals surface area contributed by atoms with E-state index < -0.39 is 0 Å². The summed E-state index contributed by atoms with van der Waals surface area (Å²) in [6.45, 7) is 26.8. The van der Waals surface area contributed by atoms with E-state index in [1.54, 1.807) is 0 Å². The molecule has 84 heavy (non-hydrogen) atoms. The average molecular weight is 1140 g/mol. The molecule has 6 aromatic heterocycles. The minimum absolute atomic E-state index is 0.0356. The molecule has 418 valence electrons. The van der Waals surface area contributed by atoms with Crippen LogP contribution >= 0.6 is 22.7 Å². The Kier molecular flexibility index (Phi) is 14.2. The number of thiophene rings is 2. The number of hydrogen-bond acceptors (Lipinski definition) is 6. The number of nitrogens with one attached hydrogen (secondary N) is 4. The second-order valence-corrected chi connectivity index (χ2v) is 26.1. The molecule has 4 atom stereocenters. The zero-order chi connectivity index (χ0) is 58.2. The first-order valence-corrected chi connectivity index (χ1v) is 30.7. The lowest BCUT2D eigenvalue weighted by Crippen LogP contribution is -2.08. The highest BCUT2D eigenvalue weighted by atomic mass is 32.1. The number of nitrogens with zero attached hydrogens (tertiary/aromatic N) is 4. The molecule has 0 saturated carbocycles. The summed E-state index contributed by atoms with van der Waals surface area (Å²) in [5.74, 6) is -0.142. The van der Waals surface area contributed by atoms with Gasteiger partial charge < -0.3 is 19.9 Å². The van der Waals surface area contributed by atoms with E-state index in [9.17, 15) is 0 Å². The van der Waals surface area contributed by atoms with Crippen molar-refractivity contribution in [3.8, 4) is 0 Å². The summed E-state index contributed by atoms with van der Waals surface area (Å²) in [5.41, 5.74) is 31.1. The quantitative estimate of drug-likeness (QED) is 0.135. The van der Waals surface area contributed by atoms with Crippen LogP contribution in [0.25, 0.3) is 0 Å². The van der Waals surface area contributed by atoms with Gasteiger partial charge in [-0.3, -0.25) is 20.0 Å². The molecule has 5 aromatic carbocycles. The molecule has 4 N–H and O–H groups in total. The molecule has 11 aromatic rings. The minimum atomic E-state index is -0.0356. The normalized spacial score (nSPS) is 16.6. The van der Waals surface area contributed by atoms with E-state index in [0.29, 0.717) is 22.7 Å². The van der Waals surface area contributed by atoms with Crippen LogP contribution in [0.5, 0.6) is 0 Å². The van der Waals surface area contributed by atoms with Gasteiger partial charge in [0.05, 0.1) is 94.1 Å². The lowest BCUT2D eigenvalue weighted by atomic mass is 9.85. The van der Waals surface area contributed by atoms with E-state index >= 15 is 0 Å². The third-order valence-electron chi connectivity index (χ3n) is 17.2. The van der Waals surface area contributed by atoms with Gasteiger partial charge in [-0.2, -0.15) is 0 Å². The maximum absolute atomic E-state index is 5.28. The highest BCUT2D eigenvalue weighted by Gasteiger charge is 2.31. The van der Waals surface area contributed by atoms with Crippen molar-refractivity contribution in [2.75, 3.05) is 0 Å². The third kappa shape index (κ3) is 10.3. The molecule has 0 radical (unpaired) electrons. The summed E-state index contributed by atoms with van der Waals surface area (Å²) in [6.07, 6.45) is 7.67. The van der Waals surface area contributed by atoms with Crippen molar-refractivity contribution in [1.29, 1.82) is 0 Å². The van der Waals surface area contributed by atoms with Gasteiger partial charge in [0.2, 0.25) is 0 Å². The molecule has 4 unspecified atom stereocenters. The second kappa shape index (κ2) is 21.8. The van der Waals surface area contributed by atoms with Gasteiger partial charge in [0.1, 0.15) is 0 Å². The number of benzene rings is 5. The van der Waals surface area contributed by atoms with Crippen LogP contribution in [0.15, 0.2) is 153 Å². The smallest absolute Gasteiger partial charge is 0.0910 e. The van der Waals surface area contributed by atoms with Gasteiger partial charge in [-0.25, -0.2) is 0 Å². The molecule has 8 nitrogen and oxygen atoms in total. The molecule has 0 amide bonds. The van der Waals surface area contributed by atoms with Crippen molar-refractivity contribution in [3.63, 3.8) is 0 Å². The molecule has 12 bridgehead atoms. The first kappa shape index (κ1) is 54.5. The Bertz CT molecular complexity index is 3860. The van der Waals surface area contributed by atoms with Gasteiger partial charge in [-0.15, -0.1) is 22.7 Å². The van der Waals surface area contributed by atoms with Crippen LogP contribution in [-0.4, -0.2) is 44.8 Å². The Hall–Kier alpha value is -8.70. The van der Waals surface area contributed by atoms with Gasteiger partial charge in [-0.1, -0.05) is 70.8 Å². The summed E-state index contributed by atoms with van der Waals surface area (Å²) in [7, 11) is 0. The van der Waals surface area contributed by atoms with E-state index in [2.05, 4.69) is 224 Å². The van der Waals surface area contributed by atoms with E-state index in [1.165, 1.54) is 109 Å². The maximum atomic E-state index is 5.28. The van der Waals surface area contributed by atoms with Crippen LogP contribution in [0.1, 0.15) is 178 Å². The van der Waals surface area contributed by atoms with Gasteiger partial charge in [0, 0.05) is 42.3 Å². The highest BCUT2D eigenvalue weighted by Crippen LogP contribution is 2.48. The Morgan fingerprint density at radius 2 is 0.464 bits per heavy atom. The summed E-state index contributed by atoms with van der Waals surface area (Å²) in [5, 5.41) is 0. The minimum Gasteiger partial charge on any atom is -0.357 e. The van der Waals surface area contributed by atoms with E-state index in [4.69, 9.17) is 20.0 Å². The first-order valence-electron chi connectivity index (χ1n) is 29.1. The van der Waals surface area contributed by atoms with Gasteiger partial charge in [0.25, 0.3) is 0 Å². The Balaban J connectivity index is 0.996. The number of fused-ring (bicyclic) bond motifs is 14. The van der Waals surface area contributed by atoms with Crippen LogP contribution in [0.3, 0.4) is 0 Å². The number of H-pyrrole nitrogens is 4. The molecular weight excluding hydrogens is 1070 g/mol. The van der Waals surface area contributed by atoms with Crippen molar-refractivity contribution in [1.82, 2.24) is 19.9 Å². The molecule has 0 aliphatic carbocycles. The standard InChI is InChI=1S/C74H70N8S2/c1-39-25-43(5)67(44(6)26-39)71-55-17-13-51(79-55)35-75-59-33-61-62(34-60(59)76-36-52-14-18-56(80-52)72(64-22-21-63(71)83-64)68-45(7)27-40(2)28-46(68)8)78-38-54-16-20-58(82-54)74(70-49(11)31-42(4)32-50(70)12)66-24-23-65(84-66)73(57-19-15-53(81-57)37-77-61)69-47(9)29-41(3)30-48(69)10/h13-38,71-74,79-82H,1-12H3. The zero-order valence-corrected chi connectivity index (χ0v) is 51.6. The van der Waals surface area contributed by atoms with Crippen molar-refractivity contribution in [2.45, 2.75) is 107 Å². The Morgan fingerprint density at radius 1 is 0.262 bits per heavy atom. The Labute approximate surface area is 501 Å². The van der Waals surface area contributed by atoms with Crippen LogP contribution < -0.4 is 0 Å². The molecule has 0 fully saturated rings. The predicted molar refractivity (Wildman–Crippen MR) is 354 cm³/mol. The first-order chi connectivity index (χ1) is 40.5. The fourth-order valence-electron chi connectivity index (χ4n) is 14.0. The fourth-order valence-corrected chi connectivity index (χ4v) is 16.5. The fraction of sp³-hybridized carbons (Fsp3) is 0.216. The predicted octanol–water partition coefficient (Wildman–Crippen LogP) is 19.2. The number of aromatic nitrogens is 4. The van der Waals surface area contributed by atoms with Gasteiger partial charge in [0.15, 0.2) is 0 Å². The summed E-state index contributed by atoms with van der Waals surface area (Å²) >= 11 is 3.79. The van der Waals surface area contributed by atoms with Crippen LogP contribution in [-0.2, 0) is 0 Å². The summed E-state index contributed by atoms with van der Waals surface area (Å²) < 4.78 is 0. The molecule has 13 rings (SSSR count). The second-order valence-electron chi connectivity index (χ2n) is 23.8. The zero-order valence-electron chi connectivity index (χ0n) is 49.9. The number of aliphatic imine (C=N–C) groups is 4. The number of rotatable bonds is 4. The van der Waals surface area contributed by atoms with E-state index in [0.717, 1.165) is 45.6 Å². The third-order valence-corrected chi connectivity index (χ3v) is 19.6.